The molecule has 1 N–H and O–H groups in total. The number of phenolic OH excluding ortho intramolecular Hbond substituents is 1. The number of rotatable bonds is 3. The second kappa shape index (κ2) is 4.24. The van der Waals surface area contributed by atoms with E-state index in [0.717, 1.165) is 5.56 Å². The predicted molar refractivity (Wildman–Crippen MR) is 53.6 cm³/mol. The first kappa shape index (κ1) is 10.7. The Kier molecular flexibility index (Phi) is 3.25. The Balaban J connectivity index is 3.30. The quantitative estimate of drug-likeness (QED) is 0.749. The summed E-state index contributed by atoms with van der Waals surface area (Å²) in [6.45, 7) is 3.54. The minimum atomic E-state index is -0.141. The molecular weight excluding hydrogens is 180 g/mol. The number of carbonyl (C=O) groups is 1. The van der Waals surface area contributed by atoms with Crippen molar-refractivity contribution in [1.82, 2.24) is 0 Å². The van der Waals surface area contributed by atoms with Crippen LogP contribution in [0.4, 0.5) is 0 Å². The number of hydrogen-bond acceptors (Lipinski definition) is 3. The Morgan fingerprint density at radius 1 is 1.50 bits per heavy atom. The number of hydrogen-bond donors (Lipinski definition) is 1. The van der Waals surface area contributed by atoms with Crippen LogP contribution < -0.4 is 0 Å². The normalized spacial score (nSPS) is 10.2. The summed E-state index contributed by atoms with van der Waals surface area (Å²) in [6, 6.07) is 3.57. The summed E-state index contributed by atoms with van der Waals surface area (Å²) < 4.78 is 4.95. The number of carbonyl (C=O) groups excluding carboxylic acids is 1. The third kappa shape index (κ3) is 1.93. The van der Waals surface area contributed by atoms with Crippen LogP contribution in [-0.2, 0) is 11.3 Å². The van der Waals surface area contributed by atoms with Gasteiger partial charge in [-0.25, -0.2) is 0 Å². The average molecular weight is 194 g/mol. The number of aromatic hydroxyl groups is 1. The predicted octanol–water partition coefficient (Wildman–Crippen LogP) is 2.05. The molecule has 0 aliphatic carbocycles. The van der Waals surface area contributed by atoms with E-state index >= 15 is 0 Å². The Bertz CT molecular complexity index is 356. The first-order valence-corrected chi connectivity index (χ1v) is 4.39. The SMILES string of the molecule is COCc1ccc(C)c(O)c1C(C)=O. The van der Waals surface area contributed by atoms with Gasteiger partial charge in [0, 0.05) is 7.11 Å². The second-order valence-corrected chi connectivity index (χ2v) is 3.25. The van der Waals surface area contributed by atoms with Gasteiger partial charge in [0.05, 0.1) is 12.2 Å². The van der Waals surface area contributed by atoms with Crippen LogP contribution in [-0.4, -0.2) is 18.0 Å². The van der Waals surface area contributed by atoms with Crippen LogP contribution in [0, 0.1) is 6.92 Å². The van der Waals surface area contributed by atoms with Gasteiger partial charge in [-0.3, -0.25) is 4.79 Å². The molecule has 1 aromatic rings. The molecule has 0 saturated heterocycles. The molecule has 0 saturated carbocycles. The van der Waals surface area contributed by atoms with Crippen molar-refractivity contribution in [2.45, 2.75) is 20.5 Å². The van der Waals surface area contributed by atoms with Crippen LogP contribution >= 0.6 is 0 Å². The average Bonchev–Trinajstić information content (AvgIpc) is 2.11. The van der Waals surface area contributed by atoms with Crippen LogP contribution in [0.15, 0.2) is 12.1 Å². The highest BCUT2D eigenvalue weighted by molar-refractivity contribution is 5.98. The number of ether oxygens (including phenoxy) is 1. The van der Waals surface area contributed by atoms with E-state index in [2.05, 4.69) is 0 Å². The Morgan fingerprint density at radius 2 is 2.14 bits per heavy atom. The zero-order valence-electron chi connectivity index (χ0n) is 8.63. The van der Waals surface area contributed by atoms with Crippen LogP contribution in [0.2, 0.25) is 0 Å². The van der Waals surface area contributed by atoms with E-state index in [1.807, 2.05) is 0 Å². The highest BCUT2D eigenvalue weighted by atomic mass is 16.5. The number of ketones is 1. The molecule has 0 amide bonds. The maximum Gasteiger partial charge on any atom is 0.163 e. The maximum atomic E-state index is 11.3. The third-order valence-corrected chi connectivity index (χ3v) is 2.12. The van der Waals surface area contributed by atoms with E-state index in [-0.39, 0.29) is 11.5 Å². The Labute approximate surface area is 83.3 Å². The fourth-order valence-corrected chi connectivity index (χ4v) is 1.41. The molecule has 3 nitrogen and oxygen atoms in total. The molecule has 1 rings (SSSR count). The summed E-state index contributed by atoms with van der Waals surface area (Å²) in [6.07, 6.45) is 0. The van der Waals surface area contributed by atoms with Crippen molar-refractivity contribution >= 4 is 5.78 Å². The molecule has 0 atom stereocenters. The Morgan fingerprint density at radius 3 is 2.64 bits per heavy atom. The molecule has 0 spiro atoms. The summed E-state index contributed by atoms with van der Waals surface area (Å²) in [5.74, 6) is -0.0784. The van der Waals surface area contributed by atoms with Gasteiger partial charge >= 0.3 is 0 Å². The fourth-order valence-electron chi connectivity index (χ4n) is 1.41. The van der Waals surface area contributed by atoms with E-state index in [1.54, 1.807) is 26.2 Å². The number of phenols is 1. The van der Waals surface area contributed by atoms with Gasteiger partial charge in [0.2, 0.25) is 0 Å². The van der Waals surface area contributed by atoms with Gasteiger partial charge in [-0.1, -0.05) is 12.1 Å². The van der Waals surface area contributed by atoms with Crippen molar-refractivity contribution in [2.75, 3.05) is 7.11 Å². The number of methoxy groups -OCH3 is 1. The smallest absolute Gasteiger partial charge is 0.163 e. The van der Waals surface area contributed by atoms with Gasteiger partial charge in [-0.2, -0.15) is 0 Å². The Hall–Kier alpha value is -1.35. The van der Waals surface area contributed by atoms with E-state index in [0.29, 0.717) is 17.7 Å². The third-order valence-electron chi connectivity index (χ3n) is 2.12. The fraction of sp³-hybridized carbons (Fsp3) is 0.364. The summed E-state index contributed by atoms with van der Waals surface area (Å²) in [5, 5.41) is 9.70. The molecule has 0 radical (unpaired) electrons. The molecule has 0 unspecified atom stereocenters. The largest absolute Gasteiger partial charge is 0.507 e. The van der Waals surface area contributed by atoms with Gasteiger partial charge in [-0.05, 0) is 25.0 Å². The maximum absolute atomic E-state index is 11.3. The zero-order chi connectivity index (χ0) is 10.7. The van der Waals surface area contributed by atoms with Gasteiger partial charge in [0.15, 0.2) is 5.78 Å². The second-order valence-electron chi connectivity index (χ2n) is 3.25. The molecule has 76 valence electrons. The molecular formula is C11H14O3. The zero-order valence-corrected chi connectivity index (χ0v) is 8.63. The lowest BCUT2D eigenvalue weighted by Gasteiger charge is -2.10. The molecule has 0 fully saturated rings. The van der Waals surface area contributed by atoms with Gasteiger partial charge in [0.25, 0.3) is 0 Å². The molecule has 14 heavy (non-hydrogen) atoms. The van der Waals surface area contributed by atoms with Crippen molar-refractivity contribution in [3.05, 3.63) is 28.8 Å². The van der Waals surface area contributed by atoms with Crippen LogP contribution in [0.1, 0.15) is 28.4 Å². The lowest BCUT2D eigenvalue weighted by atomic mass is 10.0. The lowest BCUT2D eigenvalue weighted by molar-refractivity contribution is 0.101. The lowest BCUT2D eigenvalue weighted by Crippen LogP contribution is -2.02. The topological polar surface area (TPSA) is 46.5 Å². The highest BCUT2D eigenvalue weighted by Gasteiger charge is 2.13. The monoisotopic (exact) mass is 194 g/mol. The van der Waals surface area contributed by atoms with Crippen molar-refractivity contribution in [3.63, 3.8) is 0 Å². The van der Waals surface area contributed by atoms with E-state index in [1.165, 1.54) is 6.92 Å². The van der Waals surface area contributed by atoms with Crippen molar-refractivity contribution in [1.29, 1.82) is 0 Å². The molecule has 0 aromatic heterocycles. The van der Waals surface area contributed by atoms with Crippen LogP contribution in [0.3, 0.4) is 0 Å². The number of benzene rings is 1. The molecule has 0 aliphatic heterocycles. The van der Waals surface area contributed by atoms with Crippen molar-refractivity contribution < 1.29 is 14.6 Å². The summed E-state index contributed by atoms with van der Waals surface area (Å²) in [4.78, 5) is 11.3. The molecule has 1 aromatic carbocycles. The number of Topliss-reactive ketones (excluding diaryl/α,β-unsaturated/α-hetero) is 1. The first-order valence-electron chi connectivity index (χ1n) is 4.39. The van der Waals surface area contributed by atoms with E-state index < -0.39 is 0 Å². The van der Waals surface area contributed by atoms with Gasteiger partial charge in [-0.15, -0.1) is 0 Å². The summed E-state index contributed by atoms with van der Waals surface area (Å²) >= 11 is 0. The van der Waals surface area contributed by atoms with Crippen LogP contribution in [0.25, 0.3) is 0 Å². The molecule has 3 heteroatoms. The van der Waals surface area contributed by atoms with E-state index in [4.69, 9.17) is 4.74 Å². The molecule has 0 heterocycles. The minimum Gasteiger partial charge on any atom is -0.507 e. The highest BCUT2D eigenvalue weighted by Crippen LogP contribution is 2.26. The first-order chi connectivity index (χ1) is 6.57. The van der Waals surface area contributed by atoms with Crippen LogP contribution in [0.5, 0.6) is 5.75 Å². The number of aryl methyl sites for hydroxylation is 1. The van der Waals surface area contributed by atoms with Crippen molar-refractivity contribution in [3.8, 4) is 5.75 Å². The summed E-state index contributed by atoms with van der Waals surface area (Å²) in [7, 11) is 1.56. The van der Waals surface area contributed by atoms with E-state index in [9.17, 15) is 9.90 Å². The van der Waals surface area contributed by atoms with Gasteiger partial charge < -0.3 is 9.84 Å². The van der Waals surface area contributed by atoms with Crippen molar-refractivity contribution in [2.24, 2.45) is 0 Å². The standard InChI is InChI=1S/C11H14O3/c1-7-4-5-9(6-14-3)10(8(2)12)11(7)13/h4-5,13H,6H2,1-3H3. The summed E-state index contributed by atoms with van der Waals surface area (Å²) in [5.41, 5.74) is 1.80. The van der Waals surface area contributed by atoms with Gasteiger partial charge in [0.1, 0.15) is 5.75 Å². The molecule has 0 bridgehead atoms. The minimum absolute atomic E-state index is 0.0621. The molecule has 0 aliphatic rings.